The van der Waals surface area contributed by atoms with Crippen LogP contribution in [0, 0.1) is 19.8 Å². The van der Waals surface area contributed by atoms with Gasteiger partial charge in [-0.15, -0.1) is 0 Å². The maximum atomic E-state index is 5.91. The Kier molecular flexibility index (Phi) is 4.83. The van der Waals surface area contributed by atoms with Gasteiger partial charge in [-0.3, -0.25) is 4.68 Å². The second-order valence-corrected chi connectivity index (χ2v) is 6.11. The molecule has 5 nitrogen and oxygen atoms in total. The summed E-state index contributed by atoms with van der Waals surface area (Å²) >= 11 is 0. The number of nitrogens with two attached hydrogens (primary N) is 1. The maximum absolute atomic E-state index is 5.91. The van der Waals surface area contributed by atoms with E-state index >= 15 is 0 Å². The normalized spacial score (nSPS) is 13.1. The summed E-state index contributed by atoms with van der Waals surface area (Å²) in [6.07, 6.45) is 2.96. The summed E-state index contributed by atoms with van der Waals surface area (Å²) in [7, 11) is 0. The summed E-state index contributed by atoms with van der Waals surface area (Å²) < 4.78 is 2.03. The number of H-pyrrole nitrogens is 1. The first kappa shape index (κ1) is 15.8. The Balaban J connectivity index is 2.33. The van der Waals surface area contributed by atoms with E-state index in [4.69, 9.17) is 5.73 Å². The molecule has 0 saturated heterocycles. The topological polar surface area (TPSA) is 72.5 Å². The second kappa shape index (κ2) is 6.43. The number of aromatic amines is 1. The van der Waals surface area contributed by atoms with Crippen LogP contribution in [0.4, 0.5) is 0 Å². The van der Waals surface area contributed by atoms with Crippen LogP contribution in [0.5, 0.6) is 0 Å². The lowest BCUT2D eigenvalue weighted by molar-refractivity contribution is 0.490. The van der Waals surface area contributed by atoms with Crippen LogP contribution in [0.25, 0.3) is 11.3 Å². The van der Waals surface area contributed by atoms with E-state index in [0.29, 0.717) is 18.4 Å². The van der Waals surface area contributed by atoms with Gasteiger partial charge >= 0.3 is 0 Å². The molecule has 1 unspecified atom stereocenters. The minimum Gasteiger partial charge on any atom is -0.342 e. The predicted octanol–water partition coefficient (Wildman–Crippen LogP) is 3.00. The molecule has 2 heterocycles. The fraction of sp³-hybridized carbons (Fsp3) is 0.625. The van der Waals surface area contributed by atoms with Gasteiger partial charge in [0.15, 0.2) is 0 Å². The predicted molar refractivity (Wildman–Crippen MR) is 86.2 cm³/mol. The maximum Gasteiger partial charge on any atom is 0.110 e. The molecule has 3 N–H and O–H groups in total. The molecule has 2 aromatic rings. The Morgan fingerprint density at radius 2 is 2.05 bits per heavy atom. The van der Waals surface area contributed by atoms with Crippen LogP contribution in [0.2, 0.25) is 0 Å². The van der Waals surface area contributed by atoms with Gasteiger partial charge < -0.3 is 10.7 Å². The van der Waals surface area contributed by atoms with Gasteiger partial charge in [0, 0.05) is 30.3 Å². The molecule has 5 heteroatoms. The molecule has 116 valence electrons. The number of rotatable bonds is 6. The molecule has 0 saturated carbocycles. The van der Waals surface area contributed by atoms with Crippen molar-refractivity contribution in [2.24, 2.45) is 11.7 Å². The molecule has 0 fully saturated rings. The Labute approximate surface area is 127 Å². The van der Waals surface area contributed by atoms with Crippen molar-refractivity contribution in [1.29, 1.82) is 0 Å². The molecule has 0 bridgehead atoms. The fourth-order valence-corrected chi connectivity index (χ4v) is 2.95. The lowest BCUT2D eigenvalue weighted by atomic mass is 9.97. The summed E-state index contributed by atoms with van der Waals surface area (Å²) in [5.41, 5.74) is 10.3. The zero-order chi connectivity index (χ0) is 15.6. The highest BCUT2D eigenvalue weighted by atomic mass is 15.3. The first-order valence-corrected chi connectivity index (χ1v) is 7.77. The zero-order valence-corrected chi connectivity index (χ0v) is 13.8. The van der Waals surface area contributed by atoms with Crippen LogP contribution < -0.4 is 5.73 Å². The molecule has 0 amide bonds. The third kappa shape index (κ3) is 3.18. The molecule has 0 spiro atoms. The van der Waals surface area contributed by atoms with Crippen molar-refractivity contribution in [3.8, 4) is 11.3 Å². The van der Waals surface area contributed by atoms with Crippen LogP contribution in [-0.2, 0) is 6.54 Å². The first-order chi connectivity index (χ1) is 9.97. The molecule has 1 atom stereocenters. The Morgan fingerprint density at radius 3 is 2.57 bits per heavy atom. The first-order valence-electron chi connectivity index (χ1n) is 7.77. The largest absolute Gasteiger partial charge is 0.342 e. The highest BCUT2D eigenvalue weighted by molar-refractivity contribution is 5.64. The molecule has 0 radical (unpaired) electrons. The fourth-order valence-electron chi connectivity index (χ4n) is 2.95. The quantitative estimate of drug-likeness (QED) is 0.858. The highest BCUT2D eigenvalue weighted by Gasteiger charge is 2.19. The van der Waals surface area contributed by atoms with Crippen LogP contribution in [0.3, 0.4) is 0 Å². The SMILES string of the molecule is CCn1nc(C)c(-c2cnc(C(CN)CC(C)C)[nH]2)c1C. The van der Waals surface area contributed by atoms with Gasteiger partial charge in [0.25, 0.3) is 0 Å². The third-order valence-corrected chi connectivity index (χ3v) is 3.97. The van der Waals surface area contributed by atoms with Crippen molar-refractivity contribution in [1.82, 2.24) is 19.7 Å². The summed E-state index contributed by atoms with van der Waals surface area (Å²) in [5, 5.41) is 4.57. The number of imidazole rings is 1. The average molecular weight is 289 g/mol. The number of hydrogen-bond acceptors (Lipinski definition) is 3. The van der Waals surface area contributed by atoms with Gasteiger partial charge in [-0.25, -0.2) is 4.98 Å². The Bertz CT molecular complexity index is 594. The Hall–Kier alpha value is -1.62. The lowest BCUT2D eigenvalue weighted by Gasteiger charge is -2.14. The van der Waals surface area contributed by atoms with Gasteiger partial charge in [0.1, 0.15) is 5.82 Å². The number of hydrogen-bond donors (Lipinski definition) is 2. The number of aryl methyl sites for hydroxylation is 2. The number of nitrogens with one attached hydrogen (secondary N) is 1. The summed E-state index contributed by atoms with van der Waals surface area (Å²) in [6, 6.07) is 0. The van der Waals surface area contributed by atoms with Gasteiger partial charge in [0.2, 0.25) is 0 Å². The highest BCUT2D eigenvalue weighted by Crippen LogP contribution is 2.28. The molecular weight excluding hydrogens is 262 g/mol. The van der Waals surface area contributed by atoms with Gasteiger partial charge in [0.05, 0.1) is 17.6 Å². The van der Waals surface area contributed by atoms with Gasteiger partial charge in [-0.2, -0.15) is 5.10 Å². The standard InChI is InChI=1S/C16H27N5/c1-6-21-12(5)15(11(4)20-21)14-9-18-16(19-14)13(8-17)7-10(2)3/h9-10,13H,6-8,17H2,1-5H3,(H,18,19). The van der Waals surface area contributed by atoms with E-state index in [1.807, 2.05) is 17.8 Å². The van der Waals surface area contributed by atoms with Gasteiger partial charge in [-0.1, -0.05) is 13.8 Å². The molecule has 21 heavy (non-hydrogen) atoms. The molecule has 2 aromatic heterocycles. The minimum absolute atomic E-state index is 0.292. The molecule has 0 aliphatic carbocycles. The van der Waals surface area contributed by atoms with Crippen LogP contribution in [0.1, 0.15) is 50.3 Å². The zero-order valence-electron chi connectivity index (χ0n) is 13.8. The molecule has 2 rings (SSSR count). The summed E-state index contributed by atoms with van der Waals surface area (Å²) in [6.45, 7) is 12.2. The van der Waals surface area contributed by atoms with E-state index in [2.05, 4.69) is 42.8 Å². The third-order valence-electron chi connectivity index (χ3n) is 3.97. The van der Waals surface area contributed by atoms with E-state index in [9.17, 15) is 0 Å². The minimum atomic E-state index is 0.292. The van der Waals surface area contributed by atoms with Crippen molar-refractivity contribution in [2.75, 3.05) is 6.54 Å². The van der Waals surface area contributed by atoms with E-state index in [1.54, 1.807) is 0 Å². The van der Waals surface area contributed by atoms with E-state index in [0.717, 1.165) is 35.7 Å². The Morgan fingerprint density at radius 1 is 1.33 bits per heavy atom. The van der Waals surface area contributed by atoms with Crippen LogP contribution in [-0.4, -0.2) is 26.3 Å². The second-order valence-electron chi connectivity index (χ2n) is 6.11. The molecule has 0 aliphatic heterocycles. The summed E-state index contributed by atoms with van der Waals surface area (Å²) in [4.78, 5) is 8.02. The van der Waals surface area contributed by atoms with Crippen molar-refractivity contribution >= 4 is 0 Å². The lowest BCUT2D eigenvalue weighted by Crippen LogP contribution is -2.16. The van der Waals surface area contributed by atoms with E-state index in [-0.39, 0.29) is 0 Å². The van der Waals surface area contributed by atoms with Gasteiger partial charge in [-0.05, 0) is 33.1 Å². The smallest absolute Gasteiger partial charge is 0.110 e. The van der Waals surface area contributed by atoms with E-state index < -0.39 is 0 Å². The molecular formula is C16H27N5. The van der Waals surface area contributed by atoms with Crippen molar-refractivity contribution in [3.05, 3.63) is 23.4 Å². The molecule has 0 aromatic carbocycles. The monoisotopic (exact) mass is 289 g/mol. The number of aromatic nitrogens is 4. The number of nitrogens with zero attached hydrogens (tertiary/aromatic N) is 3. The molecule has 0 aliphatic rings. The van der Waals surface area contributed by atoms with Crippen LogP contribution in [0.15, 0.2) is 6.20 Å². The summed E-state index contributed by atoms with van der Waals surface area (Å²) in [5.74, 6) is 1.89. The van der Waals surface area contributed by atoms with Crippen molar-refractivity contribution in [3.63, 3.8) is 0 Å². The van der Waals surface area contributed by atoms with Crippen molar-refractivity contribution in [2.45, 2.75) is 53.5 Å². The van der Waals surface area contributed by atoms with Crippen LogP contribution >= 0.6 is 0 Å². The average Bonchev–Trinajstić information content (AvgIpc) is 3.00. The van der Waals surface area contributed by atoms with E-state index in [1.165, 1.54) is 5.69 Å². The van der Waals surface area contributed by atoms with Crippen molar-refractivity contribution < 1.29 is 0 Å².